The van der Waals surface area contributed by atoms with Gasteiger partial charge in [0.2, 0.25) is 0 Å². The van der Waals surface area contributed by atoms with Gasteiger partial charge in [-0.05, 0) is 53.7 Å². The molecular formula is C14H12Br2N2O2S. The standard InChI is InChI=1S/C14H12Br2N2O2S/c15-7-5-8(12(19)9(16)6-7)13(20)18-14-17-10-3-1-2-4-11(10)21-14/h5-6,19H,1-4H2,(H,17,18,20). The van der Waals surface area contributed by atoms with Crippen LogP contribution in [0.15, 0.2) is 21.1 Å². The number of aromatic nitrogens is 1. The number of nitrogens with one attached hydrogen (secondary N) is 1. The summed E-state index contributed by atoms with van der Waals surface area (Å²) in [5.41, 5.74) is 1.31. The Morgan fingerprint density at radius 3 is 2.81 bits per heavy atom. The number of hydrogen-bond donors (Lipinski definition) is 2. The fourth-order valence-corrected chi connectivity index (χ4v) is 4.58. The SMILES string of the molecule is O=C(Nc1nc2c(s1)CCCC2)c1cc(Br)cc(Br)c1O. The normalized spacial score (nSPS) is 13.8. The average molecular weight is 432 g/mol. The first kappa shape index (κ1) is 15.0. The molecule has 0 bridgehead atoms. The van der Waals surface area contributed by atoms with Crippen molar-refractivity contribution in [3.63, 3.8) is 0 Å². The Balaban J connectivity index is 1.85. The Kier molecular flexibility index (Phi) is 4.33. The second-order valence-electron chi connectivity index (χ2n) is 4.83. The lowest BCUT2D eigenvalue weighted by atomic mass is 10.0. The first-order valence-electron chi connectivity index (χ1n) is 6.52. The smallest absolute Gasteiger partial charge is 0.261 e. The average Bonchev–Trinajstić information content (AvgIpc) is 2.84. The molecule has 0 radical (unpaired) electrons. The van der Waals surface area contributed by atoms with Crippen LogP contribution in [0, 0.1) is 0 Å². The monoisotopic (exact) mass is 430 g/mol. The van der Waals surface area contributed by atoms with Crippen molar-refractivity contribution in [2.24, 2.45) is 0 Å². The molecule has 110 valence electrons. The van der Waals surface area contributed by atoms with Gasteiger partial charge in [0.25, 0.3) is 5.91 Å². The summed E-state index contributed by atoms with van der Waals surface area (Å²) in [4.78, 5) is 18.0. The number of fused-ring (bicyclic) bond motifs is 1. The number of rotatable bonds is 2. The number of nitrogens with zero attached hydrogens (tertiary/aromatic N) is 1. The maximum Gasteiger partial charge on any atom is 0.261 e. The fourth-order valence-electron chi connectivity index (χ4n) is 2.31. The third kappa shape index (κ3) is 3.14. The van der Waals surface area contributed by atoms with E-state index in [1.165, 1.54) is 22.6 Å². The number of anilines is 1. The predicted molar refractivity (Wildman–Crippen MR) is 90.2 cm³/mol. The lowest BCUT2D eigenvalue weighted by Crippen LogP contribution is -2.12. The third-order valence-corrected chi connectivity index (χ3v) is 5.47. The molecule has 1 aromatic carbocycles. The first-order valence-corrected chi connectivity index (χ1v) is 8.93. The molecule has 1 aromatic heterocycles. The molecule has 7 heteroatoms. The zero-order valence-electron chi connectivity index (χ0n) is 10.9. The minimum Gasteiger partial charge on any atom is -0.506 e. The van der Waals surface area contributed by atoms with Gasteiger partial charge in [0.05, 0.1) is 15.7 Å². The molecular weight excluding hydrogens is 420 g/mol. The van der Waals surface area contributed by atoms with Gasteiger partial charge in [-0.2, -0.15) is 0 Å². The molecule has 3 rings (SSSR count). The van der Waals surface area contributed by atoms with E-state index >= 15 is 0 Å². The van der Waals surface area contributed by atoms with Gasteiger partial charge < -0.3 is 5.11 Å². The molecule has 4 nitrogen and oxygen atoms in total. The van der Waals surface area contributed by atoms with Crippen molar-refractivity contribution in [2.45, 2.75) is 25.7 Å². The lowest BCUT2D eigenvalue weighted by molar-refractivity contribution is 0.102. The van der Waals surface area contributed by atoms with Crippen LogP contribution in [-0.4, -0.2) is 16.0 Å². The van der Waals surface area contributed by atoms with Crippen LogP contribution in [0.5, 0.6) is 5.75 Å². The van der Waals surface area contributed by atoms with Crippen LogP contribution in [0.4, 0.5) is 5.13 Å². The van der Waals surface area contributed by atoms with Gasteiger partial charge in [-0.25, -0.2) is 4.98 Å². The van der Waals surface area contributed by atoms with E-state index in [0.717, 1.165) is 29.4 Å². The maximum atomic E-state index is 12.3. The first-order chi connectivity index (χ1) is 10.0. The Labute approximate surface area is 142 Å². The molecule has 1 heterocycles. The number of hydrogen-bond acceptors (Lipinski definition) is 4. The van der Waals surface area contributed by atoms with E-state index in [-0.39, 0.29) is 17.2 Å². The van der Waals surface area contributed by atoms with Gasteiger partial charge in [-0.3, -0.25) is 10.1 Å². The third-order valence-electron chi connectivity index (χ3n) is 3.34. The summed E-state index contributed by atoms with van der Waals surface area (Å²) >= 11 is 8.06. The van der Waals surface area contributed by atoms with Crippen LogP contribution >= 0.6 is 43.2 Å². The topological polar surface area (TPSA) is 62.2 Å². The van der Waals surface area contributed by atoms with Gasteiger partial charge in [0.1, 0.15) is 5.75 Å². The molecule has 21 heavy (non-hydrogen) atoms. The summed E-state index contributed by atoms with van der Waals surface area (Å²) in [5, 5.41) is 13.4. The highest BCUT2D eigenvalue weighted by molar-refractivity contribution is 9.11. The van der Waals surface area contributed by atoms with Crippen molar-refractivity contribution in [3.05, 3.63) is 37.2 Å². The van der Waals surface area contributed by atoms with Crippen molar-refractivity contribution in [1.29, 1.82) is 0 Å². The molecule has 0 saturated carbocycles. The number of carbonyl (C=O) groups is 1. The Morgan fingerprint density at radius 2 is 2.05 bits per heavy atom. The quantitative estimate of drug-likeness (QED) is 0.735. The summed E-state index contributed by atoms with van der Waals surface area (Å²) in [6.45, 7) is 0. The van der Waals surface area contributed by atoms with Crippen LogP contribution in [0.3, 0.4) is 0 Å². The van der Waals surface area contributed by atoms with Crippen LogP contribution in [0.2, 0.25) is 0 Å². The van der Waals surface area contributed by atoms with Crippen molar-refractivity contribution < 1.29 is 9.90 Å². The summed E-state index contributed by atoms with van der Waals surface area (Å²) in [6, 6.07) is 3.27. The number of aromatic hydroxyl groups is 1. The number of benzene rings is 1. The highest BCUT2D eigenvalue weighted by Crippen LogP contribution is 2.33. The minimum atomic E-state index is -0.361. The number of halogens is 2. The number of amides is 1. The van der Waals surface area contributed by atoms with E-state index in [0.29, 0.717) is 9.60 Å². The van der Waals surface area contributed by atoms with Crippen LogP contribution in [0.25, 0.3) is 0 Å². The summed E-state index contributed by atoms with van der Waals surface area (Å²) < 4.78 is 1.19. The maximum absolute atomic E-state index is 12.3. The lowest BCUT2D eigenvalue weighted by Gasteiger charge is -2.07. The number of thiazole rings is 1. The molecule has 0 spiro atoms. The molecule has 2 N–H and O–H groups in total. The van der Waals surface area contributed by atoms with Gasteiger partial charge in [0.15, 0.2) is 5.13 Å². The molecule has 1 amide bonds. The molecule has 0 unspecified atom stereocenters. The van der Waals surface area contributed by atoms with E-state index in [9.17, 15) is 9.90 Å². The molecule has 0 saturated heterocycles. The van der Waals surface area contributed by atoms with E-state index in [4.69, 9.17) is 0 Å². The second-order valence-corrected chi connectivity index (χ2v) is 7.69. The van der Waals surface area contributed by atoms with E-state index in [1.54, 1.807) is 12.1 Å². The number of carbonyl (C=O) groups excluding carboxylic acids is 1. The van der Waals surface area contributed by atoms with Gasteiger partial charge in [0, 0.05) is 9.35 Å². The zero-order chi connectivity index (χ0) is 15.0. The fraction of sp³-hybridized carbons (Fsp3) is 0.286. The Hall–Kier alpha value is -0.920. The molecule has 2 aromatic rings. The van der Waals surface area contributed by atoms with Crippen molar-refractivity contribution >= 4 is 54.2 Å². The largest absolute Gasteiger partial charge is 0.506 e. The summed E-state index contributed by atoms with van der Waals surface area (Å²) in [7, 11) is 0. The molecule has 1 aliphatic carbocycles. The van der Waals surface area contributed by atoms with Crippen LogP contribution in [-0.2, 0) is 12.8 Å². The molecule has 0 fully saturated rings. The Morgan fingerprint density at radius 1 is 1.29 bits per heavy atom. The minimum absolute atomic E-state index is 0.0722. The number of phenolic OH excluding ortho intramolecular Hbond substituents is 1. The predicted octanol–water partition coefficient (Wildman–Crippen LogP) is 4.50. The molecule has 1 aliphatic rings. The van der Waals surface area contributed by atoms with Crippen LogP contribution in [0.1, 0.15) is 33.8 Å². The number of phenols is 1. The zero-order valence-corrected chi connectivity index (χ0v) is 14.9. The molecule has 0 aliphatic heterocycles. The summed E-state index contributed by atoms with van der Waals surface area (Å²) in [6.07, 6.45) is 4.36. The van der Waals surface area contributed by atoms with Crippen LogP contribution < -0.4 is 5.32 Å². The van der Waals surface area contributed by atoms with Gasteiger partial charge in [-0.15, -0.1) is 11.3 Å². The van der Waals surface area contributed by atoms with Gasteiger partial charge >= 0.3 is 0 Å². The van der Waals surface area contributed by atoms with Crippen molar-refractivity contribution in [3.8, 4) is 5.75 Å². The number of aryl methyl sites for hydroxylation is 2. The van der Waals surface area contributed by atoms with E-state index in [2.05, 4.69) is 42.2 Å². The van der Waals surface area contributed by atoms with Crippen molar-refractivity contribution in [1.82, 2.24) is 4.98 Å². The highest BCUT2D eigenvalue weighted by atomic mass is 79.9. The highest BCUT2D eigenvalue weighted by Gasteiger charge is 2.19. The molecule has 0 atom stereocenters. The van der Waals surface area contributed by atoms with E-state index in [1.807, 2.05) is 0 Å². The van der Waals surface area contributed by atoms with Gasteiger partial charge in [-0.1, -0.05) is 15.9 Å². The Bertz CT molecular complexity index is 692. The summed E-state index contributed by atoms with van der Waals surface area (Å²) in [5.74, 6) is -0.433. The van der Waals surface area contributed by atoms with Crippen molar-refractivity contribution in [2.75, 3.05) is 5.32 Å². The second kappa shape index (κ2) is 6.06. The van der Waals surface area contributed by atoms with E-state index < -0.39 is 0 Å².